The van der Waals surface area contributed by atoms with Crippen LogP contribution in [0.2, 0.25) is 0 Å². The van der Waals surface area contributed by atoms with Gasteiger partial charge in [0, 0.05) is 17.1 Å². The van der Waals surface area contributed by atoms with E-state index in [1.807, 2.05) is 0 Å². The first-order chi connectivity index (χ1) is 19.7. The van der Waals surface area contributed by atoms with Crippen LogP contribution in [0.15, 0.2) is 139 Å². The molecule has 0 heterocycles. The summed E-state index contributed by atoms with van der Waals surface area (Å²) in [6.45, 7) is 4.54. The van der Waals surface area contributed by atoms with Crippen molar-refractivity contribution in [1.82, 2.24) is 0 Å². The van der Waals surface area contributed by atoms with Crippen LogP contribution in [-0.2, 0) is 5.41 Å². The van der Waals surface area contributed by atoms with E-state index in [4.69, 9.17) is 0 Å². The van der Waals surface area contributed by atoms with Crippen molar-refractivity contribution in [3.8, 4) is 11.1 Å². The second kappa shape index (κ2) is 8.69. The van der Waals surface area contributed by atoms with E-state index in [-0.39, 0.29) is 5.41 Å². The van der Waals surface area contributed by atoms with E-state index in [9.17, 15) is 0 Å². The summed E-state index contributed by atoms with van der Waals surface area (Å²) in [5, 5.41) is 0. The summed E-state index contributed by atoms with van der Waals surface area (Å²) in [6, 6.07) is 44.9. The van der Waals surface area contributed by atoms with Gasteiger partial charge in [-0.25, -0.2) is 0 Å². The molecule has 0 fully saturated rings. The third-order valence-electron chi connectivity index (χ3n) is 9.11. The first-order valence-corrected chi connectivity index (χ1v) is 14.3. The van der Waals surface area contributed by atoms with Gasteiger partial charge >= 0.3 is 0 Å². The minimum atomic E-state index is -0.306. The van der Waals surface area contributed by atoms with Crippen LogP contribution in [0.1, 0.15) is 47.6 Å². The fraction of sp³-hybridized carbons (Fsp3) is 0.128. The predicted octanol–water partition coefficient (Wildman–Crippen LogP) is 10.3. The Morgan fingerprint density at radius 1 is 0.525 bits per heavy atom. The van der Waals surface area contributed by atoms with E-state index >= 15 is 0 Å². The molecule has 1 nitrogen and oxygen atoms in total. The molecular weight excluding hydrogens is 482 g/mol. The maximum Gasteiger partial charge on any atom is 0.0723 e. The fourth-order valence-corrected chi connectivity index (χ4v) is 7.44. The van der Waals surface area contributed by atoms with Crippen molar-refractivity contribution in [2.24, 2.45) is 0 Å². The van der Waals surface area contributed by atoms with Crippen LogP contribution in [0.4, 0.5) is 17.1 Å². The lowest BCUT2D eigenvalue weighted by atomic mass is 9.68. The molecule has 3 aliphatic carbocycles. The molecule has 0 aliphatic heterocycles. The zero-order chi connectivity index (χ0) is 26.8. The number of hydrogen-bond acceptors (Lipinski definition) is 1. The van der Waals surface area contributed by atoms with E-state index in [0.29, 0.717) is 0 Å². The predicted molar refractivity (Wildman–Crippen MR) is 168 cm³/mol. The minimum Gasteiger partial charge on any atom is -0.310 e. The SMILES string of the molecule is CC1=CC2=C(CC1)c1ccc(C)cc1C21c2ccccc2-c2ccc(N(c3ccccc3)c3ccccc3)cc21. The Morgan fingerprint density at radius 2 is 1.15 bits per heavy atom. The average Bonchev–Trinajstić information content (AvgIpc) is 3.44. The van der Waals surface area contributed by atoms with E-state index in [2.05, 4.69) is 146 Å². The van der Waals surface area contributed by atoms with Crippen molar-refractivity contribution in [3.63, 3.8) is 0 Å². The summed E-state index contributed by atoms with van der Waals surface area (Å²) in [7, 11) is 0. The quantitative estimate of drug-likeness (QED) is 0.232. The molecule has 40 heavy (non-hydrogen) atoms. The largest absolute Gasteiger partial charge is 0.310 e. The zero-order valence-corrected chi connectivity index (χ0v) is 23.0. The van der Waals surface area contributed by atoms with E-state index in [1.165, 1.54) is 61.4 Å². The Hall–Kier alpha value is -4.62. The number of hydrogen-bond donors (Lipinski definition) is 0. The van der Waals surface area contributed by atoms with Crippen LogP contribution in [-0.4, -0.2) is 0 Å². The topological polar surface area (TPSA) is 3.24 Å². The molecular formula is C39H31N. The van der Waals surface area contributed by atoms with Gasteiger partial charge in [0.1, 0.15) is 0 Å². The number of aryl methyl sites for hydroxylation is 1. The smallest absolute Gasteiger partial charge is 0.0723 e. The van der Waals surface area contributed by atoms with Crippen molar-refractivity contribution >= 4 is 22.6 Å². The van der Waals surface area contributed by atoms with Crippen LogP contribution >= 0.6 is 0 Å². The molecule has 1 atom stereocenters. The highest BCUT2D eigenvalue weighted by molar-refractivity contribution is 5.97. The number of nitrogens with zero attached hydrogens (tertiary/aromatic N) is 1. The molecule has 3 aliphatic rings. The first kappa shape index (κ1) is 23.3. The summed E-state index contributed by atoms with van der Waals surface area (Å²) in [5.74, 6) is 0. The van der Waals surface area contributed by atoms with E-state index < -0.39 is 0 Å². The second-order valence-electron chi connectivity index (χ2n) is 11.5. The van der Waals surface area contributed by atoms with Crippen molar-refractivity contribution in [1.29, 1.82) is 0 Å². The molecule has 0 bridgehead atoms. The summed E-state index contributed by atoms with van der Waals surface area (Å²) < 4.78 is 0. The van der Waals surface area contributed by atoms with Gasteiger partial charge in [0.25, 0.3) is 0 Å². The molecule has 1 heteroatoms. The minimum absolute atomic E-state index is 0.306. The number of benzene rings is 5. The number of fused-ring (bicyclic) bond motifs is 9. The van der Waals surface area contributed by atoms with Crippen LogP contribution in [0.5, 0.6) is 0 Å². The zero-order valence-electron chi connectivity index (χ0n) is 23.0. The Morgan fingerprint density at radius 3 is 1.90 bits per heavy atom. The summed E-state index contributed by atoms with van der Waals surface area (Å²) in [5.41, 5.74) is 17.4. The number of anilines is 3. The maximum atomic E-state index is 2.51. The maximum absolute atomic E-state index is 2.51. The second-order valence-corrected chi connectivity index (χ2v) is 11.5. The van der Waals surface area contributed by atoms with Crippen molar-refractivity contribution in [3.05, 3.63) is 166 Å². The Labute approximate surface area is 236 Å². The van der Waals surface area contributed by atoms with Gasteiger partial charge in [-0.2, -0.15) is 0 Å². The van der Waals surface area contributed by atoms with Crippen molar-refractivity contribution < 1.29 is 0 Å². The number of rotatable bonds is 3. The molecule has 0 aromatic heterocycles. The molecule has 0 radical (unpaired) electrons. The third kappa shape index (κ3) is 3.15. The molecule has 1 unspecified atom stereocenters. The Kier molecular flexibility index (Phi) is 5.06. The van der Waals surface area contributed by atoms with Gasteiger partial charge in [-0.15, -0.1) is 0 Å². The molecule has 0 amide bonds. The summed E-state index contributed by atoms with van der Waals surface area (Å²) in [6.07, 6.45) is 4.75. The highest BCUT2D eigenvalue weighted by Crippen LogP contribution is 2.64. The van der Waals surface area contributed by atoms with Crippen LogP contribution in [0.3, 0.4) is 0 Å². The molecule has 8 rings (SSSR count). The van der Waals surface area contributed by atoms with Gasteiger partial charge in [-0.3, -0.25) is 0 Å². The fourth-order valence-electron chi connectivity index (χ4n) is 7.44. The average molecular weight is 514 g/mol. The summed E-state index contributed by atoms with van der Waals surface area (Å²) >= 11 is 0. The molecule has 5 aromatic rings. The number of para-hydroxylation sites is 2. The van der Waals surface area contributed by atoms with Crippen LogP contribution in [0, 0.1) is 6.92 Å². The van der Waals surface area contributed by atoms with Crippen molar-refractivity contribution in [2.75, 3.05) is 4.90 Å². The van der Waals surface area contributed by atoms with Gasteiger partial charge in [0.15, 0.2) is 0 Å². The molecule has 5 aromatic carbocycles. The Balaban J connectivity index is 1.46. The molecule has 1 spiro atoms. The Bertz CT molecular complexity index is 1820. The molecule has 192 valence electrons. The lowest BCUT2D eigenvalue weighted by molar-refractivity contribution is 0.775. The van der Waals surface area contributed by atoms with Crippen LogP contribution < -0.4 is 4.90 Å². The van der Waals surface area contributed by atoms with E-state index in [0.717, 1.165) is 24.2 Å². The van der Waals surface area contributed by atoms with Crippen molar-refractivity contribution in [2.45, 2.75) is 32.1 Å². The lowest BCUT2D eigenvalue weighted by Crippen LogP contribution is -2.27. The third-order valence-corrected chi connectivity index (χ3v) is 9.11. The summed E-state index contributed by atoms with van der Waals surface area (Å²) in [4.78, 5) is 2.39. The standard InChI is InChI=1S/C39H31N/c1-26-17-20-32-33-21-18-27(2)24-37(33)39(36(32)23-26)35-16-10-9-15-31(35)34-22-19-30(25-38(34)39)40(28-11-5-3-6-12-28)29-13-7-4-8-14-29/h3-17,19-20,22-25H,18,21H2,1-2H3. The molecule has 0 saturated carbocycles. The van der Waals surface area contributed by atoms with Gasteiger partial charge in [-0.05, 0) is 108 Å². The highest BCUT2D eigenvalue weighted by atomic mass is 15.1. The van der Waals surface area contributed by atoms with Gasteiger partial charge in [0.2, 0.25) is 0 Å². The lowest BCUT2D eigenvalue weighted by Gasteiger charge is -2.34. The highest BCUT2D eigenvalue weighted by Gasteiger charge is 2.52. The first-order valence-electron chi connectivity index (χ1n) is 14.3. The van der Waals surface area contributed by atoms with E-state index in [1.54, 1.807) is 0 Å². The number of allylic oxidation sites excluding steroid dienone is 4. The van der Waals surface area contributed by atoms with Crippen LogP contribution in [0.25, 0.3) is 16.7 Å². The normalized spacial score (nSPS) is 18.2. The van der Waals surface area contributed by atoms with Gasteiger partial charge < -0.3 is 4.90 Å². The molecule has 0 saturated heterocycles. The monoisotopic (exact) mass is 513 g/mol. The van der Waals surface area contributed by atoms with Gasteiger partial charge in [-0.1, -0.05) is 102 Å². The van der Waals surface area contributed by atoms with Gasteiger partial charge in [0.05, 0.1) is 5.41 Å². The molecule has 0 N–H and O–H groups in total.